The van der Waals surface area contributed by atoms with E-state index in [4.69, 9.17) is 9.47 Å². The Morgan fingerprint density at radius 3 is 2.38 bits per heavy atom. The van der Waals surface area contributed by atoms with Gasteiger partial charge in [0.2, 0.25) is 0 Å². The van der Waals surface area contributed by atoms with Gasteiger partial charge in [-0.2, -0.15) is 0 Å². The lowest BCUT2D eigenvalue weighted by molar-refractivity contribution is 0.251. The molecule has 0 aliphatic carbocycles. The second-order valence-electron chi connectivity index (χ2n) is 5.60. The molecule has 132 valence electrons. The molecule has 3 rings (SSSR count). The lowest BCUT2D eigenvalue weighted by Gasteiger charge is -2.10. The van der Waals surface area contributed by atoms with E-state index in [1.807, 2.05) is 72.8 Å². The summed E-state index contributed by atoms with van der Waals surface area (Å²) in [7, 11) is 1.61. The maximum Gasteiger partial charge on any atom is 0.319 e. The first-order valence-corrected chi connectivity index (χ1v) is 8.24. The lowest BCUT2D eigenvalue weighted by atomic mass is 10.2. The standard InChI is InChI=1S/C21H20N2O3/c1-25-19-11-5-7-16(13-19)15-22-21(24)23-17-8-6-12-20(14-17)26-18-9-3-2-4-10-18/h2-14H,15H2,1H3,(H2,22,23,24). The molecule has 3 aromatic rings. The number of rotatable bonds is 6. The summed E-state index contributed by atoms with van der Waals surface area (Å²) in [6.07, 6.45) is 0. The zero-order valence-corrected chi connectivity index (χ0v) is 14.4. The van der Waals surface area contributed by atoms with Crippen LogP contribution in [0.2, 0.25) is 0 Å². The molecule has 0 radical (unpaired) electrons. The first kappa shape index (κ1) is 17.4. The molecule has 0 heterocycles. The van der Waals surface area contributed by atoms with Crippen LogP contribution in [-0.4, -0.2) is 13.1 Å². The Balaban J connectivity index is 1.56. The third kappa shape index (κ3) is 5.01. The molecule has 0 atom stereocenters. The number of urea groups is 1. The second-order valence-corrected chi connectivity index (χ2v) is 5.60. The fourth-order valence-electron chi connectivity index (χ4n) is 2.40. The number of nitrogens with one attached hydrogen (secondary N) is 2. The first-order chi connectivity index (χ1) is 12.7. The zero-order chi connectivity index (χ0) is 18.2. The number of ether oxygens (including phenoxy) is 2. The van der Waals surface area contributed by atoms with E-state index in [1.165, 1.54) is 0 Å². The van der Waals surface area contributed by atoms with Gasteiger partial charge in [0.1, 0.15) is 17.2 Å². The highest BCUT2D eigenvalue weighted by molar-refractivity contribution is 5.89. The van der Waals surface area contributed by atoms with Gasteiger partial charge in [-0.1, -0.05) is 36.4 Å². The molecule has 0 aromatic heterocycles. The maximum absolute atomic E-state index is 12.1. The smallest absolute Gasteiger partial charge is 0.319 e. The van der Waals surface area contributed by atoms with E-state index in [2.05, 4.69) is 10.6 Å². The van der Waals surface area contributed by atoms with E-state index >= 15 is 0 Å². The number of hydrogen-bond acceptors (Lipinski definition) is 3. The van der Waals surface area contributed by atoms with Crippen molar-refractivity contribution in [3.63, 3.8) is 0 Å². The van der Waals surface area contributed by atoms with Crippen LogP contribution in [0, 0.1) is 0 Å². The van der Waals surface area contributed by atoms with E-state index in [1.54, 1.807) is 13.2 Å². The Morgan fingerprint density at radius 2 is 1.58 bits per heavy atom. The minimum atomic E-state index is -0.287. The number of methoxy groups -OCH3 is 1. The molecule has 0 spiro atoms. The highest BCUT2D eigenvalue weighted by Crippen LogP contribution is 2.23. The van der Waals surface area contributed by atoms with Crippen molar-refractivity contribution in [2.75, 3.05) is 12.4 Å². The summed E-state index contributed by atoms with van der Waals surface area (Å²) < 4.78 is 10.9. The number of hydrogen-bond donors (Lipinski definition) is 2. The minimum absolute atomic E-state index is 0.287. The topological polar surface area (TPSA) is 59.6 Å². The molecule has 2 amide bonds. The molecule has 0 saturated carbocycles. The van der Waals surface area contributed by atoms with Crippen molar-refractivity contribution in [1.82, 2.24) is 5.32 Å². The van der Waals surface area contributed by atoms with Gasteiger partial charge >= 0.3 is 6.03 Å². The largest absolute Gasteiger partial charge is 0.497 e. The van der Waals surface area contributed by atoms with Gasteiger partial charge in [-0.05, 0) is 42.0 Å². The summed E-state index contributed by atoms with van der Waals surface area (Å²) >= 11 is 0. The van der Waals surface area contributed by atoms with E-state index in [-0.39, 0.29) is 6.03 Å². The molecule has 0 fully saturated rings. The van der Waals surface area contributed by atoms with Crippen LogP contribution >= 0.6 is 0 Å². The van der Waals surface area contributed by atoms with Crippen molar-refractivity contribution in [3.05, 3.63) is 84.4 Å². The Kier molecular flexibility index (Phi) is 5.72. The molecular formula is C21H20N2O3. The molecule has 3 aromatic carbocycles. The zero-order valence-electron chi connectivity index (χ0n) is 14.4. The molecule has 0 unspecified atom stereocenters. The summed E-state index contributed by atoms with van der Waals surface area (Å²) in [5.74, 6) is 2.16. The number of amides is 2. The highest BCUT2D eigenvalue weighted by atomic mass is 16.5. The van der Waals surface area contributed by atoms with Crippen LogP contribution in [0.5, 0.6) is 17.2 Å². The Morgan fingerprint density at radius 1 is 0.846 bits per heavy atom. The molecule has 2 N–H and O–H groups in total. The third-order valence-electron chi connectivity index (χ3n) is 3.66. The Bertz CT molecular complexity index is 866. The molecule has 5 heteroatoms. The van der Waals surface area contributed by atoms with Crippen molar-refractivity contribution in [1.29, 1.82) is 0 Å². The summed E-state index contributed by atoms with van der Waals surface area (Å²) in [6.45, 7) is 0.406. The fraction of sp³-hybridized carbons (Fsp3) is 0.0952. The minimum Gasteiger partial charge on any atom is -0.497 e. The van der Waals surface area contributed by atoms with Crippen molar-refractivity contribution in [2.45, 2.75) is 6.54 Å². The van der Waals surface area contributed by atoms with Crippen LogP contribution in [0.4, 0.5) is 10.5 Å². The van der Waals surface area contributed by atoms with Crippen LogP contribution < -0.4 is 20.1 Å². The average Bonchev–Trinajstić information content (AvgIpc) is 2.68. The van der Waals surface area contributed by atoms with Gasteiger partial charge in [0, 0.05) is 18.3 Å². The normalized spacial score (nSPS) is 10.0. The monoisotopic (exact) mass is 348 g/mol. The fourth-order valence-corrected chi connectivity index (χ4v) is 2.40. The van der Waals surface area contributed by atoms with Crippen molar-refractivity contribution in [3.8, 4) is 17.2 Å². The number of carbonyl (C=O) groups excluding carboxylic acids is 1. The van der Waals surface area contributed by atoms with Gasteiger partial charge in [-0.25, -0.2) is 4.79 Å². The number of benzene rings is 3. The summed E-state index contributed by atoms with van der Waals surface area (Å²) in [5, 5.41) is 5.63. The van der Waals surface area contributed by atoms with E-state index in [0.717, 1.165) is 17.1 Å². The van der Waals surface area contributed by atoms with E-state index < -0.39 is 0 Å². The van der Waals surface area contributed by atoms with Gasteiger partial charge in [0.15, 0.2) is 0 Å². The predicted octanol–water partition coefficient (Wildman–Crippen LogP) is 4.81. The van der Waals surface area contributed by atoms with Crippen molar-refractivity contribution in [2.24, 2.45) is 0 Å². The van der Waals surface area contributed by atoms with Crippen LogP contribution in [-0.2, 0) is 6.54 Å². The van der Waals surface area contributed by atoms with E-state index in [0.29, 0.717) is 18.0 Å². The quantitative estimate of drug-likeness (QED) is 0.672. The van der Waals surface area contributed by atoms with Gasteiger partial charge in [-0.3, -0.25) is 0 Å². The van der Waals surface area contributed by atoms with Crippen LogP contribution in [0.3, 0.4) is 0 Å². The molecular weight excluding hydrogens is 328 g/mol. The van der Waals surface area contributed by atoms with Crippen LogP contribution in [0.15, 0.2) is 78.9 Å². The molecule has 0 saturated heterocycles. The average molecular weight is 348 g/mol. The Labute approximate surface area is 152 Å². The summed E-state index contributed by atoms with van der Waals surface area (Å²) in [6, 6.07) is 24.0. The third-order valence-corrected chi connectivity index (χ3v) is 3.66. The second kappa shape index (κ2) is 8.58. The van der Waals surface area contributed by atoms with Crippen LogP contribution in [0.25, 0.3) is 0 Å². The van der Waals surface area contributed by atoms with Crippen molar-refractivity contribution >= 4 is 11.7 Å². The molecule has 0 bridgehead atoms. The van der Waals surface area contributed by atoms with E-state index in [9.17, 15) is 4.79 Å². The summed E-state index contributed by atoms with van der Waals surface area (Å²) in [4.78, 5) is 12.1. The molecule has 0 aliphatic rings. The molecule has 5 nitrogen and oxygen atoms in total. The Hall–Kier alpha value is -3.47. The number of anilines is 1. The molecule has 26 heavy (non-hydrogen) atoms. The number of para-hydroxylation sites is 1. The number of carbonyl (C=O) groups is 1. The van der Waals surface area contributed by atoms with Gasteiger partial charge in [-0.15, -0.1) is 0 Å². The van der Waals surface area contributed by atoms with Gasteiger partial charge in [0.25, 0.3) is 0 Å². The first-order valence-electron chi connectivity index (χ1n) is 8.24. The SMILES string of the molecule is COc1cccc(CNC(=O)Nc2cccc(Oc3ccccc3)c2)c1. The lowest BCUT2D eigenvalue weighted by Crippen LogP contribution is -2.28. The maximum atomic E-state index is 12.1. The summed E-state index contributed by atoms with van der Waals surface area (Å²) in [5.41, 5.74) is 1.61. The van der Waals surface area contributed by atoms with Gasteiger partial charge in [0.05, 0.1) is 7.11 Å². The van der Waals surface area contributed by atoms with Gasteiger partial charge < -0.3 is 20.1 Å². The van der Waals surface area contributed by atoms with Crippen LogP contribution in [0.1, 0.15) is 5.56 Å². The van der Waals surface area contributed by atoms with Crippen molar-refractivity contribution < 1.29 is 14.3 Å². The molecule has 0 aliphatic heterocycles. The highest BCUT2D eigenvalue weighted by Gasteiger charge is 2.04. The predicted molar refractivity (Wildman–Crippen MR) is 102 cm³/mol.